The van der Waals surface area contributed by atoms with Gasteiger partial charge in [-0.3, -0.25) is 4.79 Å². The number of nitrogens with one attached hydrogen (secondary N) is 3. The Hall–Kier alpha value is -3.08. The largest absolute Gasteiger partial charge is 0.410 e. The fraction of sp³-hybridized carbons (Fsp3) is 0.350. The molecule has 1 fully saturated rings. The van der Waals surface area contributed by atoms with Crippen molar-refractivity contribution in [1.82, 2.24) is 19.9 Å². The van der Waals surface area contributed by atoms with Crippen molar-refractivity contribution in [2.45, 2.75) is 31.1 Å². The molecule has 0 aliphatic carbocycles. The molecule has 0 bridgehead atoms. The molecule has 0 radical (unpaired) electrons. The standard InChI is InChI=1S/C20H19ClF4N6O/c21-11-6-12(22)8-13(7-11)27-9-16(32)31-5-1-2-15(17(31)20(23,24)25)30-19-14-3-4-26-18(14)28-10-29-19/h3-4,6-8,10,15,17,27H,1-2,5,9H2,(H2,26,28,29,30). The Morgan fingerprint density at radius 3 is 2.84 bits per heavy atom. The van der Waals surface area contributed by atoms with Crippen molar-refractivity contribution in [3.05, 3.63) is 47.6 Å². The zero-order valence-electron chi connectivity index (χ0n) is 16.6. The number of piperidine rings is 1. The highest BCUT2D eigenvalue weighted by atomic mass is 35.5. The fourth-order valence-corrected chi connectivity index (χ4v) is 4.15. The predicted molar refractivity (Wildman–Crippen MR) is 112 cm³/mol. The number of hydrogen-bond donors (Lipinski definition) is 3. The van der Waals surface area contributed by atoms with Gasteiger partial charge < -0.3 is 20.5 Å². The van der Waals surface area contributed by atoms with Gasteiger partial charge in [0.05, 0.1) is 18.0 Å². The van der Waals surface area contributed by atoms with Gasteiger partial charge in [0.2, 0.25) is 5.91 Å². The summed E-state index contributed by atoms with van der Waals surface area (Å²) in [5.74, 6) is -1.12. The van der Waals surface area contributed by atoms with Gasteiger partial charge in [-0.2, -0.15) is 13.2 Å². The number of likely N-dealkylation sites (tertiary alicyclic amines) is 1. The van der Waals surface area contributed by atoms with Crippen molar-refractivity contribution in [3.63, 3.8) is 0 Å². The second-order valence-corrected chi connectivity index (χ2v) is 7.88. The number of halogens is 5. The third-order valence-corrected chi connectivity index (χ3v) is 5.49. The zero-order valence-corrected chi connectivity index (χ0v) is 17.3. The first kappa shape index (κ1) is 22.1. The first-order valence-corrected chi connectivity index (χ1v) is 10.2. The number of benzene rings is 1. The number of aromatic amines is 1. The highest BCUT2D eigenvalue weighted by Crippen LogP contribution is 2.34. The van der Waals surface area contributed by atoms with E-state index in [9.17, 15) is 22.4 Å². The van der Waals surface area contributed by atoms with Gasteiger partial charge in [0.25, 0.3) is 0 Å². The van der Waals surface area contributed by atoms with Crippen LogP contribution >= 0.6 is 11.6 Å². The molecule has 2 unspecified atom stereocenters. The third-order valence-electron chi connectivity index (χ3n) is 5.27. The smallest absolute Gasteiger partial charge is 0.376 e. The number of aromatic nitrogens is 3. The van der Waals surface area contributed by atoms with E-state index < -0.39 is 36.5 Å². The molecule has 3 heterocycles. The van der Waals surface area contributed by atoms with E-state index in [2.05, 4.69) is 25.6 Å². The summed E-state index contributed by atoms with van der Waals surface area (Å²) in [6.45, 7) is -0.481. The van der Waals surface area contributed by atoms with E-state index in [1.807, 2.05) is 0 Å². The van der Waals surface area contributed by atoms with E-state index >= 15 is 0 Å². The maximum Gasteiger partial charge on any atom is 0.410 e. The van der Waals surface area contributed by atoms with Gasteiger partial charge in [-0.25, -0.2) is 14.4 Å². The number of hydrogen-bond acceptors (Lipinski definition) is 5. The number of carbonyl (C=O) groups is 1. The molecule has 3 aromatic rings. The van der Waals surface area contributed by atoms with Crippen LogP contribution in [0.2, 0.25) is 5.02 Å². The summed E-state index contributed by atoms with van der Waals surface area (Å²) in [6.07, 6.45) is -1.21. The van der Waals surface area contributed by atoms with Crippen LogP contribution in [0, 0.1) is 5.82 Å². The fourth-order valence-electron chi connectivity index (χ4n) is 3.93. The highest BCUT2D eigenvalue weighted by molar-refractivity contribution is 6.30. The van der Waals surface area contributed by atoms with Crippen LogP contribution in [0.1, 0.15) is 12.8 Å². The molecule has 2 aromatic heterocycles. The molecule has 12 heteroatoms. The Labute approximate surface area is 185 Å². The normalized spacial score (nSPS) is 19.2. The highest BCUT2D eigenvalue weighted by Gasteiger charge is 2.51. The lowest BCUT2D eigenvalue weighted by molar-refractivity contribution is -0.197. The summed E-state index contributed by atoms with van der Waals surface area (Å²) >= 11 is 5.78. The number of nitrogens with zero attached hydrogens (tertiary/aromatic N) is 3. The average molecular weight is 471 g/mol. The van der Waals surface area contributed by atoms with Crippen LogP contribution in [0.15, 0.2) is 36.8 Å². The lowest BCUT2D eigenvalue weighted by Gasteiger charge is -2.42. The Bertz CT molecular complexity index is 1100. The quantitative estimate of drug-likeness (QED) is 0.487. The van der Waals surface area contributed by atoms with Gasteiger partial charge in [-0.15, -0.1) is 0 Å². The third kappa shape index (κ3) is 4.72. The number of carbonyl (C=O) groups excluding carboxylic acids is 1. The van der Waals surface area contributed by atoms with Gasteiger partial charge >= 0.3 is 6.18 Å². The van der Waals surface area contributed by atoms with Crippen LogP contribution in [0.4, 0.5) is 29.1 Å². The molecule has 7 nitrogen and oxygen atoms in total. The Kier molecular flexibility index (Phi) is 6.09. The molecule has 1 aromatic carbocycles. The van der Waals surface area contributed by atoms with E-state index in [1.165, 1.54) is 12.4 Å². The average Bonchev–Trinajstić information content (AvgIpc) is 3.20. The van der Waals surface area contributed by atoms with Crippen molar-refractivity contribution in [3.8, 4) is 0 Å². The first-order valence-electron chi connectivity index (χ1n) is 9.83. The van der Waals surface area contributed by atoms with Crippen LogP contribution in [-0.2, 0) is 4.79 Å². The summed E-state index contributed by atoms with van der Waals surface area (Å²) in [5, 5.41) is 6.18. The molecular formula is C20H19ClF4N6O. The summed E-state index contributed by atoms with van der Waals surface area (Å²) in [5.41, 5.74) is 0.696. The van der Waals surface area contributed by atoms with Crippen LogP contribution in [0.25, 0.3) is 11.0 Å². The van der Waals surface area contributed by atoms with Gasteiger partial charge in [0.15, 0.2) is 0 Å². The van der Waals surface area contributed by atoms with Crippen molar-refractivity contribution in [2.75, 3.05) is 23.7 Å². The minimum atomic E-state index is -4.67. The summed E-state index contributed by atoms with van der Waals surface area (Å²) in [4.78, 5) is 24.6. The molecule has 0 spiro atoms. The Morgan fingerprint density at radius 2 is 2.09 bits per heavy atom. The molecule has 1 aliphatic heterocycles. The topological polar surface area (TPSA) is 85.9 Å². The monoisotopic (exact) mass is 470 g/mol. The first-order chi connectivity index (χ1) is 15.2. The second-order valence-electron chi connectivity index (χ2n) is 7.44. The van der Waals surface area contributed by atoms with Crippen molar-refractivity contribution >= 4 is 40.0 Å². The number of rotatable bonds is 5. The molecule has 2 atom stereocenters. The van der Waals surface area contributed by atoms with Crippen LogP contribution in [0.5, 0.6) is 0 Å². The number of alkyl halides is 3. The van der Waals surface area contributed by atoms with Gasteiger partial charge in [0.1, 0.15) is 29.7 Å². The molecule has 1 amide bonds. The van der Waals surface area contributed by atoms with E-state index in [0.29, 0.717) is 17.5 Å². The summed E-state index contributed by atoms with van der Waals surface area (Å²) in [7, 11) is 0. The zero-order chi connectivity index (χ0) is 22.9. The Balaban J connectivity index is 1.53. The van der Waals surface area contributed by atoms with E-state index in [1.54, 1.807) is 12.3 Å². The van der Waals surface area contributed by atoms with E-state index in [-0.39, 0.29) is 29.5 Å². The van der Waals surface area contributed by atoms with Crippen LogP contribution in [0.3, 0.4) is 0 Å². The molecule has 1 aliphatic rings. The van der Waals surface area contributed by atoms with Gasteiger partial charge in [-0.1, -0.05) is 11.6 Å². The van der Waals surface area contributed by atoms with Crippen LogP contribution in [-0.4, -0.2) is 57.1 Å². The molecule has 3 N–H and O–H groups in total. The second kappa shape index (κ2) is 8.81. The lowest BCUT2D eigenvalue weighted by atomic mass is 9.95. The SMILES string of the molecule is O=C(CNc1cc(F)cc(Cl)c1)N1CCCC(Nc2ncnc3[nH]ccc23)C1C(F)(F)F. The van der Waals surface area contributed by atoms with Gasteiger partial charge in [0, 0.05) is 23.5 Å². The number of anilines is 2. The maximum absolute atomic E-state index is 14.1. The van der Waals surface area contributed by atoms with Crippen LogP contribution < -0.4 is 10.6 Å². The van der Waals surface area contributed by atoms with E-state index in [0.717, 1.165) is 17.0 Å². The van der Waals surface area contributed by atoms with E-state index in [4.69, 9.17) is 11.6 Å². The molecule has 0 saturated carbocycles. The maximum atomic E-state index is 14.1. The summed E-state index contributed by atoms with van der Waals surface area (Å²) in [6, 6.07) is 2.11. The Morgan fingerprint density at radius 1 is 1.28 bits per heavy atom. The molecule has 170 valence electrons. The predicted octanol–water partition coefficient (Wildman–Crippen LogP) is 4.20. The minimum Gasteiger partial charge on any atom is -0.376 e. The lowest BCUT2D eigenvalue weighted by Crippen LogP contribution is -2.61. The number of amides is 1. The molecule has 4 rings (SSSR count). The van der Waals surface area contributed by atoms with Crippen molar-refractivity contribution < 1.29 is 22.4 Å². The number of H-pyrrole nitrogens is 1. The number of fused-ring (bicyclic) bond motifs is 1. The molecule has 1 saturated heterocycles. The van der Waals surface area contributed by atoms with Crippen molar-refractivity contribution in [1.29, 1.82) is 0 Å². The summed E-state index contributed by atoms with van der Waals surface area (Å²) < 4.78 is 55.7. The molecule has 32 heavy (non-hydrogen) atoms. The minimum absolute atomic E-state index is 0.0455. The van der Waals surface area contributed by atoms with Crippen molar-refractivity contribution in [2.24, 2.45) is 0 Å². The molecular weight excluding hydrogens is 452 g/mol. The van der Waals surface area contributed by atoms with Gasteiger partial charge in [-0.05, 0) is 37.1 Å².